The lowest BCUT2D eigenvalue weighted by Gasteiger charge is -2.09. The van der Waals surface area contributed by atoms with Gasteiger partial charge in [-0.3, -0.25) is 19.9 Å². The number of nitrogens with one attached hydrogen (secondary N) is 1. The molecule has 5 nitrogen and oxygen atoms in total. The third-order valence-electron chi connectivity index (χ3n) is 4.13. The van der Waals surface area contributed by atoms with Crippen LogP contribution in [0.5, 0.6) is 5.75 Å². The minimum Gasteiger partial charge on any atom is -0.489 e. The van der Waals surface area contributed by atoms with Gasteiger partial charge in [-0.2, -0.15) is 0 Å². The molecule has 1 aliphatic rings. The number of rotatable bonds is 5. The van der Waals surface area contributed by atoms with Gasteiger partial charge in [0.15, 0.2) is 0 Å². The quantitative estimate of drug-likeness (QED) is 0.747. The fourth-order valence-corrected chi connectivity index (χ4v) is 3.65. The van der Waals surface area contributed by atoms with Gasteiger partial charge in [0.25, 0.3) is 5.24 Å². The number of carbonyl (C=O) groups excluding carboxylic acids is 2. The Morgan fingerprint density at radius 1 is 1.04 bits per heavy atom. The zero-order valence-electron chi connectivity index (χ0n) is 13.8. The van der Waals surface area contributed by atoms with Crippen molar-refractivity contribution in [3.63, 3.8) is 0 Å². The van der Waals surface area contributed by atoms with Gasteiger partial charge in [0, 0.05) is 17.5 Å². The Morgan fingerprint density at radius 2 is 1.88 bits per heavy atom. The lowest BCUT2D eigenvalue weighted by atomic mass is 10.1. The van der Waals surface area contributed by atoms with Gasteiger partial charge in [-0.25, -0.2) is 0 Å². The predicted molar refractivity (Wildman–Crippen MR) is 101 cm³/mol. The summed E-state index contributed by atoms with van der Waals surface area (Å²) in [6, 6.07) is 19.6. The number of nitrogens with zero attached hydrogens (tertiary/aromatic N) is 1. The number of aromatic nitrogens is 1. The molecule has 3 aromatic rings. The summed E-state index contributed by atoms with van der Waals surface area (Å²) in [6.45, 7) is 0.514. The minimum atomic E-state index is -0.402. The summed E-state index contributed by atoms with van der Waals surface area (Å²) >= 11 is 1.02. The van der Waals surface area contributed by atoms with Crippen LogP contribution in [0.25, 0.3) is 10.9 Å². The molecule has 2 aromatic carbocycles. The van der Waals surface area contributed by atoms with Gasteiger partial charge in [0.05, 0.1) is 10.8 Å². The highest BCUT2D eigenvalue weighted by atomic mass is 32.2. The molecule has 1 fully saturated rings. The van der Waals surface area contributed by atoms with Crippen LogP contribution < -0.4 is 10.1 Å². The van der Waals surface area contributed by atoms with Gasteiger partial charge in [-0.15, -0.1) is 0 Å². The average Bonchev–Trinajstić information content (AvgIpc) is 2.97. The molecule has 6 heteroatoms. The maximum absolute atomic E-state index is 11.7. The molecule has 4 rings (SSSR count). The summed E-state index contributed by atoms with van der Waals surface area (Å²) in [5.74, 6) is 0.541. The molecule has 26 heavy (non-hydrogen) atoms. The van der Waals surface area contributed by atoms with E-state index in [4.69, 9.17) is 4.74 Å². The first-order chi connectivity index (χ1) is 12.7. The maximum atomic E-state index is 11.7. The van der Waals surface area contributed by atoms with E-state index >= 15 is 0 Å². The number of fused-ring (bicyclic) bond motifs is 1. The first-order valence-electron chi connectivity index (χ1n) is 8.25. The molecule has 130 valence electrons. The van der Waals surface area contributed by atoms with Crippen LogP contribution in [0.15, 0.2) is 60.7 Å². The lowest BCUT2D eigenvalue weighted by Crippen LogP contribution is -2.25. The Labute approximate surface area is 154 Å². The Morgan fingerprint density at radius 3 is 2.65 bits per heavy atom. The summed E-state index contributed by atoms with van der Waals surface area (Å²) in [6.07, 6.45) is 0.435. The van der Waals surface area contributed by atoms with Crippen LogP contribution in [-0.2, 0) is 17.8 Å². The summed E-state index contributed by atoms with van der Waals surface area (Å²) in [5.41, 5.74) is 2.74. The number of pyridine rings is 1. The van der Waals surface area contributed by atoms with Gasteiger partial charge in [0.1, 0.15) is 12.4 Å². The molecule has 1 N–H and O–H groups in total. The van der Waals surface area contributed by atoms with Crippen LogP contribution in [0.3, 0.4) is 0 Å². The van der Waals surface area contributed by atoms with Crippen LogP contribution in [0.2, 0.25) is 0 Å². The maximum Gasteiger partial charge on any atom is 0.286 e. The molecule has 0 radical (unpaired) electrons. The SMILES string of the molecule is O=C1NC(=O)C(Cc2ccc3cc(OCc4ccccc4)ccc3n2)S1. The van der Waals surface area contributed by atoms with Crippen molar-refractivity contribution < 1.29 is 14.3 Å². The zero-order valence-corrected chi connectivity index (χ0v) is 14.7. The van der Waals surface area contributed by atoms with Crippen LogP contribution in [0.4, 0.5) is 4.79 Å². The molecule has 1 atom stereocenters. The molecule has 1 aromatic heterocycles. The summed E-state index contributed by atoms with van der Waals surface area (Å²) < 4.78 is 5.84. The Bertz CT molecular complexity index is 975. The molecule has 1 aliphatic heterocycles. The van der Waals surface area contributed by atoms with E-state index in [0.29, 0.717) is 13.0 Å². The van der Waals surface area contributed by atoms with Crippen LogP contribution in [-0.4, -0.2) is 21.4 Å². The number of ether oxygens (including phenoxy) is 1. The number of hydrogen-bond donors (Lipinski definition) is 1. The number of imide groups is 1. The molecule has 0 bridgehead atoms. The highest BCUT2D eigenvalue weighted by Gasteiger charge is 2.31. The number of thioether (sulfide) groups is 1. The van der Waals surface area contributed by atoms with E-state index in [1.807, 2.05) is 60.7 Å². The molecular weight excluding hydrogens is 348 g/mol. The van der Waals surface area contributed by atoms with E-state index in [9.17, 15) is 9.59 Å². The molecule has 0 saturated carbocycles. The third-order valence-corrected chi connectivity index (χ3v) is 5.11. The zero-order chi connectivity index (χ0) is 17.9. The smallest absolute Gasteiger partial charge is 0.286 e. The van der Waals surface area contributed by atoms with Crippen molar-refractivity contribution in [2.24, 2.45) is 0 Å². The predicted octanol–water partition coefficient (Wildman–Crippen LogP) is 3.71. The molecule has 0 aliphatic carbocycles. The van der Waals surface area contributed by atoms with E-state index in [2.05, 4.69) is 10.3 Å². The van der Waals surface area contributed by atoms with Crippen molar-refractivity contribution in [3.8, 4) is 5.75 Å². The first-order valence-corrected chi connectivity index (χ1v) is 9.13. The number of hydrogen-bond acceptors (Lipinski definition) is 5. The van der Waals surface area contributed by atoms with Gasteiger partial charge < -0.3 is 4.74 Å². The molecule has 2 amide bonds. The fourth-order valence-electron chi connectivity index (χ4n) is 2.81. The third kappa shape index (κ3) is 3.70. The topological polar surface area (TPSA) is 68.3 Å². The van der Waals surface area contributed by atoms with Crippen molar-refractivity contribution in [2.75, 3.05) is 0 Å². The second-order valence-electron chi connectivity index (χ2n) is 6.02. The fraction of sp³-hybridized carbons (Fsp3) is 0.150. The van der Waals surface area contributed by atoms with Gasteiger partial charge >= 0.3 is 0 Å². The summed E-state index contributed by atoms with van der Waals surface area (Å²) in [5, 5.41) is 2.58. The second kappa shape index (κ2) is 7.17. The molecule has 0 spiro atoms. The van der Waals surface area contributed by atoms with Crippen molar-refractivity contribution in [1.29, 1.82) is 0 Å². The summed E-state index contributed by atoms with van der Waals surface area (Å²) in [7, 11) is 0. The van der Waals surface area contributed by atoms with E-state index in [-0.39, 0.29) is 11.1 Å². The largest absolute Gasteiger partial charge is 0.489 e. The molecule has 1 saturated heterocycles. The van der Waals surface area contributed by atoms with E-state index in [1.54, 1.807) is 0 Å². The monoisotopic (exact) mass is 364 g/mol. The Hall–Kier alpha value is -2.86. The van der Waals surface area contributed by atoms with Crippen LogP contribution in [0.1, 0.15) is 11.3 Å². The van der Waals surface area contributed by atoms with E-state index < -0.39 is 5.25 Å². The standard InChI is InChI=1S/C20H16N2O3S/c23-19-18(26-20(24)22-19)11-15-7-6-14-10-16(8-9-17(14)21-15)25-12-13-4-2-1-3-5-13/h1-10,18H,11-12H2,(H,22,23,24). The second-order valence-corrected chi connectivity index (χ2v) is 7.19. The molecule has 2 heterocycles. The number of amides is 2. The lowest BCUT2D eigenvalue weighted by molar-refractivity contribution is -0.118. The van der Waals surface area contributed by atoms with Crippen LogP contribution in [0, 0.1) is 0 Å². The average molecular weight is 364 g/mol. The van der Waals surface area contributed by atoms with E-state index in [0.717, 1.165) is 39.7 Å². The molecular formula is C20H16N2O3S. The Balaban J connectivity index is 1.47. The summed E-state index contributed by atoms with van der Waals surface area (Å²) in [4.78, 5) is 27.6. The highest BCUT2D eigenvalue weighted by molar-refractivity contribution is 8.15. The van der Waals surface area contributed by atoms with Crippen LogP contribution >= 0.6 is 11.8 Å². The Kier molecular flexibility index (Phi) is 4.58. The first kappa shape index (κ1) is 16.6. The minimum absolute atomic E-state index is 0.244. The number of carbonyl (C=O) groups is 2. The highest BCUT2D eigenvalue weighted by Crippen LogP contribution is 2.25. The van der Waals surface area contributed by atoms with Gasteiger partial charge in [-0.05, 0) is 29.8 Å². The normalized spacial score (nSPS) is 16.7. The van der Waals surface area contributed by atoms with E-state index in [1.165, 1.54) is 0 Å². The molecule has 1 unspecified atom stereocenters. The van der Waals surface area contributed by atoms with Crippen molar-refractivity contribution >= 4 is 33.8 Å². The van der Waals surface area contributed by atoms with Gasteiger partial charge in [-0.1, -0.05) is 48.2 Å². The van der Waals surface area contributed by atoms with Crippen molar-refractivity contribution in [2.45, 2.75) is 18.3 Å². The number of benzene rings is 2. The van der Waals surface area contributed by atoms with Crippen molar-refractivity contribution in [1.82, 2.24) is 10.3 Å². The van der Waals surface area contributed by atoms with Gasteiger partial charge in [0.2, 0.25) is 5.91 Å². The van der Waals surface area contributed by atoms with Crippen molar-refractivity contribution in [3.05, 3.63) is 71.9 Å².